The molecule has 6 nitrogen and oxygen atoms in total. The zero-order valence-corrected chi connectivity index (χ0v) is 15.9. The molecule has 0 aromatic heterocycles. The summed E-state index contributed by atoms with van der Waals surface area (Å²) in [6, 6.07) is 0.108. The summed E-state index contributed by atoms with van der Waals surface area (Å²) in [5, 5.41) is 12.9. The second-order valence-electron chi connectivity index (χ2n) is 6.20. The van der Waals surface area contributed by atoms with Crippen LogP contribution in [0.15, 0.2) is 0 Å². The first-order valence-electron chi connectivity index (χ1n) is 8.08. The Labute approximate surface area is 151 Å². The number of amides is 1. The van der Waals surface area contributed by atoms with Gasteiger partial charge < -0.3 is 20.1 Å². The van der Waals surface area contributed by atoms with E-state index in [4.69, 9.17) is 4.74 Å². The number of hydrogen-bond donors (Lipinski definition) is 2. The molecule has 2 rings (SSSR count). The number of ether oxygens (including phenoxy) is 1. The number of halogens is 2. The average molecular weight is 372 g/mol. The number of aliphatic hydroxyl groups excluding tert-OH is 1. The smallest absolute Gasteiger partial charge is 0.242 e. The lowest BCUT2D eigenvalue weighted by Gasteiger charge is -2.43. The van der Waals surface area contributed by atoms with Crippen molar-refractivity contribution >= 4 is 30.7 Å². The van der Waals surface area contributed by atoms with Crippen LogP contribution >= 0.6 is 24.8 Å². The molecule has 0 aliphatic carbocycles. The Hall–Kier alpha value is -0.110. The maximum absolute atomic E-state index is 12.7. The minimum atomic E-state index is -0.324. The first kappa shape index (κ1) is 22.9. The van der Waals surface area contributed by atoms with Gasteiger partial charge in [0, 0.05) is 38.8 Å². The molecule has 0 radical (unpaired) electrons. The zero-order valence-electron chi connectivity index (χ0n) is 14.2. The van der Waals surface area contributed by atoms with Gasteiger partial charge in [-0.3, -0.25) is 9.69 Å². The third-order valence-corrected chi connectivity index (χ3v) is 4.47. The Morgan fingerprint density at radius 1 is 1.39 bits per heavy atom. The number of rotatable bonds is 4. The van der Waals surface area contributed by atoms with Crippen molar-refractivity contribution < 1.29 is 14.6 Å². The van der Waals surface area contributed by atoms with Crippen molar-refractivity contribution in [2.24, 2.45) is 0 Å². The summed E-state index contributed by atoms with van der Waals surface area (Å²) in [6.45, 7) is 10.3. The van der Waals surface area contributed by atoms with Crippen LogP contribution in [-0.4, -0.2) is 84.4 Å². The number of carbonyl (C=O) groups excluding carboxylic acids is 1. The fourth-order valence-corrected chi connectivity index (χ4v) is 3.27. The van der Waals surface area contributed by atoms with Crippen molar-refractivity contribution in [3.8, 4) is 0 Å². The van der Waals surface area contributed by atoms with Crippen molar-refractivity contribution in [3.63, 3.8) is 0 Å². The standard InChI is InChI=1S/C15H29N3O3.2ClH/c1-4-13-10-18(7-6-17(13)9-11(2)19)15(20)14-12(3)21-8-5-16-14;;/h11-14,16,19H,4-10H2,1-3H3;2*1H/t11?,12-,13?,14+;;/m1../s1. The van der Waals surface area contributed by atoms with Crippen LogP contribution in [0.3, 0.4) is 0 Å². The number of β-amino-alcohol motifs (C(OH)–C–C–N with tert-alkyl or cyclic N) is 1. The lowest BCUT2D eigenvalue weighted by atomic mass is 10.1. The first-order chi connectivity index (χ1) is 10.0. The van der Waals surface area contributed by atoms with E-state index in [1.165, 1.54) is 0 Å². The largest absolute Gasteiger partial charge is 0.392 e. The van der Waals surface area contributed by atoms with E-state index >= 15 is 0 Å². The Morgan fingerprint density at radius 3 is 2.65 bits per heavy atom. The van der Waals surface area contributed by atoms with Gasteiger partial charge in [0.15, 0.2) is 0 Å². The zero-order chi connectivity index (χ0) is 15.4. The van der Waals surface area contributed by atoms with E-state index in [1.54, 1.807) is 0 Å². The Balaban J connectivity index is 0.00000242. The monoisotopic (exact) mass is 371 g/mol. The molecule has 138 valence electrons. The average Bonchev–Trinajstić information content (AvgIpc) is 2.47. The molecule has 2 aliphatic heterocycles. The van der Waals surface area contributed by atoms with Crippen LogP contribution < -0.4 is 5.32 Å². The summed E-state index contributed by atoms with van der Waals surface area (Å²) < 4.78 is 5.58. The fourth-order valence-electron chi connectivity index (χ4n) is 3.27. The third kappa shape index (κ3) is 6.03. The topological polar surface area (TPSA) is 65.0 Å². The minimum absolute atomic E-state index is 0. The number of hydrogen-bond acceptors (Lipinski definition) is 5. The third-order valence-electron chi connectivity index (χ3n) is 4.47. The van der Waals surface area contributed by atoms with Crippen LogP contribution in [0.1, 0.15) is 27.2 Å². The van der Waals surface area contributed by atoms with Crippen molar-refractivity contribution in [2.45, 2.75) is 51.5 Å². The molecule has 2 heterocycles. The number of nitrogens with zero attached hydrogens (tertiary/aromatic N) is 2. The maximum Gasteiger partial charge on any atom is 0.242 e. The molecule has 0 bridgehead atoms. The molecule has 2 saturated heterocycles. The van der Waals surface area contributed by atoms with Gasteiger partial charge in [0.1, 0.15) is 6.04 Å². The molecule has 8 heteroatoms. The van der Waals surface area contributed by atoms with E-state index < -0.39 is 0 Å². The Morgan fingerprint density at radius 2 is 2.09 bits per heavy atom. The molecule has 2 N–H and O–H groups in total. The number of morpholine rings is 1. The van der Waals surface area contributed by atoms with Gasteiger partial charge in [-0.25, -0.2) is 0 Å². The summed E-state index contributed by atoms with van der Waals surface area (Å²) in [6.07, 6.45) is 0.595. The minimum Gasteiger partial charge on any atom is -0.392 e. The highest BCUT2D eigenvalue weighted by atomic mass is 35.5. The van der Waals surface area contributed by atoms with Crippen molar-refractivity contribution in [3.05, 3.63) is 0 Å². The van der Waals surface area contributed by atoms with E-state index in [-0.39, 0.29) is 49.0 Å². The van der Waals surface area contributed by atoms with Crippen LogP contribution in [0.5, 0.6) is 0 Å². The van der Waals surface area contributed by atoms with Gasteiger partial charge in [-0.2, -0.15) is 0 Å². The second-order valence-corrected chi connectivity index (χ2v) is 6.20. The normalized spacial score (nSPS) is 30.1. The molecule has 0 spiro atoms. The quantitative estimate of drug-likeness (QED) is 0.753. The molecule has 2 fully saturated rings. The molecule has 1 amide bonds. The van der Waals surface area contributed by atoms with Gasteiger partial charge >= 0.3 is 0 Å². The maximum atomic E-state index is 12.7. The molecule has 0 aromatic rings. The molecule has 23 heavy (non-hydrogen) atoms. The molecular formula is C15H31Cl2N3O3. The highest BCUT2D eigenvalue weighted by molar-refractivity contribution is 5.85. The molecule has 0 aromatic carbocycles. The SMILES string of the molecule is CCC1CN(C(=O)[C@H]2NCCO[C@@H]2C)CCN1CC(C)O.Cl.Cl. The van der Waals surface area contributed by atoms with Crippen LogP contribution in [0, 0.1) is 0 Å². The predicted molar refractivity (Wildman–Crippen MR) is 95.6 cm³/mol. The van der Waals surface area contributed by atoms with Crippen LogP contribution in [0.25, 0.3) is 0 Å². The van der Waals surface area contributed by atoms with Gasteiger partial charge in [-0.05, 0) is 20.3 Å². The molecular weight excluding hydrogens is 341 g/mol. The van der Waals surface area contributed by atoms with Gasteiger partial charge in [-0.15, -0.1) is 24.8 Å². The van der Waals surface area contributed by atoms with E-state index in [1.807, 2.05) is 18.7 Å². The summed E-state index contributed by atoms with van der Waals surface area (Å²) in [7, 11) is 0. The van der Waals surface area contributed by atoms with Crippen LogP contribution in [0.4, 0.5) is 0 Å². The van der Waals surface area contributed by atoms with E-state index in [9.17, 15) is 9.90 Å². The summed E-state index contributed by atoms with van der Waals surface area (Å²) in [5.41, 5.74) is 0. The van der Waals surface area contributed by atoms with E-state index in [2.05, 4.69) is 17.1 Å². The van der Waals surface area contributed by atoms with Crippen LogP contribution in [0.2, 0.25) is 0 Å². The molecule has 2 unspecified atom stereocenters. The molecule has 0 saturated carbocycles. The van der Waals surface area contributed by atoms with Crippen molar-refractivity contribution in [1.82, 2.24) is 15.1 Å². The lowest BCUT2D eigenvalue weighted by Crippen LogP contribution is -2.62. The predicted octanol–water partition coefficient (Wildman–Crippen LogP) is 0.510. The Bertz CT molecular complexity index is 361. The highest BCUT2D eigenvalue weighted by Crippen LogP contribution is 2.16. The van der Waals surface area contributed by atoms with Gasteiger partial charge in [0.05, 0.1) is 18.8 Å². The highest BCUT2D eigenvalue weighted by Gasteiger charge is 2.35. The first-order valence-corrected chi connectivity index (χ1v) is 8.08. The van der Waals surface area contributed by atoms with Gasteiger partial charge in [-0.1, -0.05) is 6.92 Å². The number of aliphatic hydroxyl groups is 1. The molecule has 2 aliphatic rings. The summed E-state index contributed by atoms with van der Waals surface area (Å²) >= 11 is 0. The van der Waals surface area contributed by atoms with E-state index in [0.717, 1.165) is 32.6 Å². The molecule has 4 atom stereocenters. The number of nitrogens with one attached hydrogen (secondary N) is 1. The Kier molecular flexibility index (Phi) is 10.6. The summed E-state index contributed by atoms with van der Waals surface area (Å²) in [5.74, 6) is 0.150. The fraction of sp³-hybridized carbons (Fsp3) is 0.933. The van der Waals surface area contributed by atoms with Gasteiger partial charge in [0.2, 0.25) is 5.91 Å². The van der Waals surface area contributed by atoms with Gasteiger partial charge in [0.25, 0.3) is 0 Å². The van der Waals surface area contributed by atoms with Crippen molar-refractivity contribution in [2.75, 3.05) is 39.3 Å². The number of piperazine rings is 1. The number of carbonyl (C=O) groups is 1. The van der Waals surface area contributed by atoms with Crippen LogP contribution in [-0.2, 0) is 9.53 Å². The lowest BCUT2D eigenvalue weighted by molar-refractivity contribution is -0.142. The second kappa shape index (κ2) is 10.7. The van der Waals surface area contributed by atoms with Crippen molar-refractivity contribution in [1.29, 1.82) is 0 Å². The summed E-state index contributed by atoms with van der Waals surface area (Å²) in [4.78, 5) is 16.9. The van der Waals surface area contributed by atoms with E-state index in [0.29, 0.717) is 19.2 Å².